The molecule has 0 aliphatic heterocycles. The topological polar surface area (TPSA) is 20.2 Å². The summed E-state index contributed by atoms with van der Waals surface area (Å²) in [5, 5.41) is 10.1. The Morgan fingerprint density at radius 1 is 1.27 bits per heavy atom. The van der Waals surface area contributed by atoms with Gasteiger partial charge in [0.2, 0.25) is 0 Å². The largest absolute Gasteiger partial charge is 0.390 e. The highest BCUT2D eigenvalue weighted by atomic mass is 16.3. The molecule has 1 spiro atoms. The predicted molar refractivity (Wildman–Crippen MR) is 40.9 cm³/mol. The number of hydrogen-bond acceptors (Lipinski definition) is 1. The van der Waals surface area contributed by atoms with Crippen LogP contribution in [0.3, 0.4) is 0 Å². The molecule has 5 atom stereocenters. The van der Waals surface area contributed by atoms with E-state index in [1.165, 1.54) is 12.8 Å². The molecule has 1 N–H and O–H groups in total. The minimum atomic E-state index is -0.171. The quantitative estimate of drug-likeness (QED) is 0.555. The van der Waals surface area contributed by atoms with Crippen LogP contribution in [0.1, 0.15) is 32.6 Å². The highest BCUT2D eigenvalue weighted by molar-refractivity contribution is 5.37. The van der Waals surface area contributed by atoms with E-state index in [-0.39, 0.29) is 5.60 Å². The first-order valence-corrected chi connectivity index (χ1v) is 4.82. The van der Waals surface area contributed by atoms with Gasteiger partial charge in [-0.2, -0.15) is 0 Å². The first kappa shape index (κ1) is 5.58. The molecule has 5 unspecified atom stereocenters. The van der Waals surface area contributed by atoms with Crippen LogP contribution in [0.15, 0.2) is 0 Å². The van der Waals surface area contributed by atoms with Crippen LogP contribution in [0.5, 0.6) is 0 Å². The fourth-order valence-corrected chi connectivity index (χ4v) is 5.12. The highest BCUT2D eigenvalue weighted by Crippen LogP contribution is 2.92. The van der Waals surface area contributed by atoms with Crippen LogP contribution in [0, 0.1) is 22.7 Å². The lowest BCUT2D eigenvalue weighted by molar-refractivity contribution is -0.205. The Morgan fingerprint density at radius 2 is 2.09 bits per heavy atom. The SMILES string of the molecule is CC12CC3(O)CC4CC1(C2)C43. The molecule has 60 valence electrons. The van der Waals surface area contributed by atoms with Gasteiger partial charge in [0.1, 0.15) is 0 Å². The molecule has 11 heavy (non-hydrogen) atoms. The maximum atomic E-state index is 10.1. The normalized spacial score (nSPS) is 81.3. The maximum Gasteiger partial charge on any atom is 0.0692 e. The molecule has 4 aliphatic rings. The molecule has 4 aliphatic carbocycles. The molecular formula is C10H14O. The smallest absolute Gasteiger partial charge is 0.0692 e. The van der Waals surface area contributed by atoms with Crippen LogP contribution >= 0.6 is 0 Å². The van der Waals surface area contributed by atoms with Gasteiger partial charge in [-0.3, -0.25) is 0 Å². The third-order valence-corrected chi connectivity index (χ3v) is 5.37. The van der Waals surface area contributed by atoms with Gasteiger partial charge in [-0.05, 0) is 48.3 Å². The van der Waals surface area contributed by atoms with E-state index in [9.17, 15) is 5.11 Å². The van der Waals surface area contributed by atoms with E-state index in [0.29, 0.717) is 10.8 Å². The van der Waals surface area contributed by atoms with Gasteiger partial charge in [0.25, 0.3) is 0 Å². The zero-order valence-electron chi connectivity index (χ0n) is 6.93. The second-order valence-electron chi connectivity index (χ2n) is 5.82. The Hall–Kier alpha value is -0.0400. The maximum absolute atomic E-state index is 10.1. The van der Waals surface area contributed by atoms with Crippen molar-refractivity contribution in [1.82, 2.24) is 0 Å². The summed E-state index contributed by atoms with van der Waals surface area (Å²) in [5.41, 5.74) is 1.08. The van der Waals surface area contributed by atoms with Crippen molar-refractivity contribution in [3.63, 3.8) is 0 Å². The summed E-state index contributed by atoms with van der Waals surface area (Å²) >= 11 is 0. The van der Waals surface area contributed by atoms with E-state index in [0.717, 1.165) is 24.7 Å². The van der Waals surface area contributed by atoms with Crippen LogP contribution in [-0.4, -0.2) is 10.7 Å². The molecule has 0 aromatic heterocycles. The molecule has 4 saturated carbocycles. The van der Waals surface area contributed by atoms with Gasteiger partial charge in [0, 0.05) is 0 Å². The van der Waals surface area contributed by atoms with Gasteiger partial charge in [-0.1, -0.05) is 6.92 Å². The van der Waals surface area contributed by atoms with Crippen molar-refractivity contribution < 1.29 is 5.11 Å². The van der Waals surface area contributed by atoms with Gasteiger partial charge in [0.05, 0.1) is 5.60 Å². The standard InChI is InChI=1S/C10H14O/c1-8-4-9(8)2-6-3-10(11,5-8)7(6)9/h6-7,11H,2-5H2,1H3. The summed E-state index contributed by atoms with van der Waals surface area (Å²) in [6.45, 7) is 2.39. The Morgan fingerprint density at radius 3 is 2.64 bits per heavy atom. The Balaban J connectivity index is 1.90. The number of rotatable bonds is 0. The van der Waals surface area contributed by atoms with Crippen molar-refractivity contribution in [3.8, 4) is 0 Å². The van der Waals surface area contributed by atoms with Gasteiger partial charge >= 0.3 is 0 Å². The van der Waals surface area contributed by atoms with Gasteiger partial charge in [-0.15, -0.1) is 0 Å². The van der Waals surface area contributed by atoms with Gasteiger partial charge in [-0.25, -0.2) is 0 Å². The molecule has 4 rings (SSSR count). The Bertz CT molecular complexity index is 268. The lowest BCUT2D eigenvalue weighted by atomic mass is 9.46. The van der Waals surface area contributed by atoms with Crippen LogP contribution in [0.25, 0.3) is 0 Å². The fourth-order valence-electron chi connectivity index (χ4n) is 5.12. The molecule has 4 fully saturated rings. The van der Waals surface area contributed by atoms with Crippen molar-refractivity contribution in [2.75, 3.05) is 0 Å². The molecule has 0 saturated heterocycles. The second-order valence-corrected chi connectivity index (χ2v) is 5.82. The van der Waals surface area contributed by atoms with Crippen molar-refractivity contribution in [1.29, 1.82) is 0 Å². The average Bonchev–Trinajstić information content (AvgIpc) is 2.29. The minimum Gasteiger partial charge on any atom is -0.390 e. The van der Waals surface area contributed by atoms with E-state index in [1.807, 2.05) is 0 Å². The third-order valence-electron chi connectivity index (χ3n) is 5.37. The molecule has 1 nitrogen and oxygen atoms in total. The lowest BCUT2D eigenvalue weighted by Crippen LogP contribution is -2.61. The molecule has 0 amide bonds. The van der Waals surface area contributed by atoms with E-state index >= 15 is 0 Å². The predicted octanol–water partition coefficient (Wildman–Crippen LogP) is 1.56. The Kier molecular flexibility index (Phi) is 0.519. The zero-order chi connectivity index (χ0) is 7.48. The van der Waals surface area contributed by atoms with Gasteiger partial charge < -0.3 is 5.11 Å². The molecule has 0 radical (unpaired) electrons. The summed E-state index contributed by atoms with van der Waals surface area (Å²) in [7, 11) is 0. The lowest BCUT2D eigenvalue weighted by Gasteiger charge is -2.61. The summed E-state index contributed by atoms with van der Waals surface area (Å²) in [4.78, 5) is 0. The zero-order valence-corrected chi connectivity index (χ0v) is 6.93. The highest BCUT2D eigenvalue weighted by Gasteiger charge is 2.88. The van der Waals surface area contributed by atoms with Crippen LogP contribution in [0.4, 0.5) is 0 Å². The first-order valence-electron chi connectivity index (χ1n) is 4.82. The molecule has 0 heterocycles. The molecule has 0 aromatic carbocycles. The fraction of sp³-hybridized carbons (Fsp3) is 1.00. The van der Waals surface area contributed by atoms with E-state index in [2.05, 4.69) is 6.92 Å². The average molecular weight is 150 g/mol. The van der Waals surface area contributed by atoms with E-state index in [1.54, 1.807) is 0 Å². The summed E-state index contributed by atoms with van der Waals surface area (Å²) in [5.74, 6) is 1.68. The summed E-state index contributed by atoms with van der Waals surface area (Å²) in [6, 6.07) is 0. The third kappa shape index (κ3) is 0.312. The van der Waals surface area contributed by atoms with Crippen molar-refractivity contribution in [3.05, 3.63) is 0 Å². The number of aliphatic hydroxyl groups is 1. The summed E-state index contributed by atoms with van der Waals surface area (Å²) in [6.07, 6.45) is 5.15. The Labute approximate surface area is 66.8 Å². The monoisotopic (exact) mass is 150 g/mol. The second kappa shape index (κ2) is 1.02. The minimum absolute atomic E-state index is 0.171. The van der Waals surface area contributed by atoms with Crippen LogP contribution < -0.4 is 0 Å². The van der Waals surface area contributed by atoms with E-state index in [4.69, 9.17) is 0 Å². The van der Waals surface area contributed by atoms with Crippen molar-refractivity contribution in [2.24, 2.45) is 22.7 Å². The molecule has 0 bridgehead atoms. The van der Waals surface area contributed by atoms with Crippen LogP contribution in [-0.2, 0) is 0 Å². The molecule has 0 aromatic rings. The number of hydrogen-bond donors (Lipinski definition) is 1. The first-order chi connectivity index (χ1) is 5.10. The molecular weight excluding hydrogens is 136 g/mol. The van der Waals surface area contributed by atoms with Crippen molar-refractivity contribution >= 4 is 0 Å². The van der Waals surface area contributed by atoms with Crippen molar-refractivity contribution in [2.45, 2.75) is 38.2 Å². The van der Waals surface area contributed by atoms with Crippen LogP contribution in [0.2, 0.25) is 0 Å². The molecule has 1 heteroatoms. The van der Waals surface area contributed by atoms with E-state index < -0.39 is 0 Å². The summed E-state index contributed by atoms with van der Waals surface area (Å²) < 4.78 is 0. The van der Waals surface area contributed by atoms with Gasteiger partial charge in [0.15, 0.2) is 0 Å².